The largest absolute Gasteiger partial charge is 0.489 e. The fraction of sp³-hybridized carbons (Fsp3) is 0.115. The van der Waals surface area contributed by atoms with E-state index in [1.54, 1.807) is 61.7 Å². The minimum Gasteiger partial charge on any atom is -0.489 e. The Bertz CT molecular complexity index is 1370. The molecule has 0 unspecified atom stereocenters. The number of methoxy groups -OCH3 is 1. The van der Waals surface area contributed by atoms with Crippen molar-refractivity contribution >= 4 is 46.3 Å². The average Bonchev–Trinajstić information content (AvgIpc) is 3.16. The standard InChI is InChI=1S/C26H21N3O6S/c1-28-24(30)23(36-26(28)27-20-10-8-19(9-11-20)25(31)34-2)15-17-6-12-22(13-7-17)35-16-18-4-3-5-21(14-18)29(32)33/h3-15H,16H2,1-2H3. The molecule has 0 aromatic heterocycles. The maximum atomic E-state index is 12.7. The molecule has 0 N–H and O–H groups in total. The van der Waals surface area contributed by atoms with E-state index in [-0.39, 0.29) is 18.2 Å². The highest BCUT2D eigenvalue weighted by molar-refractivity contribution is 8.18. The summed E-state index contributed by atoms with van der Waals surface area (Å²) < 4.78 is 10.4. The zero-order valence-electron chi connectivity index (χ0n) is 19.4. The number of amides is 1. The van der Waals surface area contributed by atoms with Crippen LogP contribution in [0.1, 0.15) is 21.5 Å². The highest BCUT2D eigenvalue weighted by Gasteiger charge is 2.30. The number of benzene rings is 3. The van der Waals surface area contributed by atoms with Gasteiger partial charge in [-0.3, -0.25) is 19.8 Å². The topological polar surface area (TPSA) is 111 Å². The van der Waals surface area contributed by atoms with E-state index < -0.39 is 10.9 Å². The number of carbonyl (C=O) groups excluding carboxylic acids is 2. The van der Waals surface area contributed by atoms with Crippen molar-refractivity contribution in [3.05, 3.63) is 105 Å². The average molecular weight is 504 g/mol. The van der Waals surface area contributed by atoms with E-state index in [2.05, 4.69) is 4.99 Å². The van der Waals surface area contributed by atoms with Crippen LogP contribution >= 0.6 is 11.8 Å². The molecule has 1 heterocycles. The Hall–Kier alpha value is -4.44. The van der Waals surface area contributed by atoms with Gasteiger partial charge >= 0.3 is 5.97 Å². The van der Waals surface area contributed by atoms with Crippen LogP contribution in [-0.4, -0.2) is 41.0 Å². The number of likely N-dealkylation sites (N-methyl/N-ethyl adjacent to an activating group) is 1. The molecule has 1 aliphatic heterocycles. The summed E-state index contributed by atoms with van der Waals surface area (Å²) in [5, 5.41) is 11.4. The SMILES string of the molecule is COC(=O)c1ccc(N=C2SC(=Cc3ccc(OCc4cccc([N+](=O)[O-])c4)cc3)C(=O)N2C)cc1. The molecule has 0 aliphatic carbocycles. The molecule has 0 saturated carbocycles. The van der Waals surface area contributed by atoms with Gasteiger partial charge in [0.05, 0.1) is 28.2 Å². The Labute approximate surface area is 211 Å². The summed E-state index contributed by atoms with van der Waals surface area (Å²) in [6.45, 7) is 0.196. The van der Waals surface area contributed by atoms with E-state index in [0.29, 0.717) is 32.6 Å². The van der Waals surface area contributed by atoms with Gasteiger partial charge in [-0.25, -0.2) is 9.79 Å². The van der Waals surface area contributed by atoms with E-state index in [9.17, 15) is 19.7 Å². The predicted molar refractivity (Wildman–Crippen MR) is 137 cm³/mol. The molecular formula is C26H21N3O6S. The van der Waals surface area contributed by atoms with Crippen molar-refractivity contribution in [2.75, 3.05) is 14.2 Å². The third-order valence-electron chi connectivity index (χ3n) is 5.22. The number of hydrogen-bond acceptors (Lipinski definition) is 8. The van der Waals surface area contributed by atoms with Crippen molar-refractivity contribution in [1.29, 1.82) is 0 Å². The minimum atomic E-state index is -0.442. The number of ether oxygens (including phenoxy) is 2. The van der Waals surface area contributed by atoms with E-state index in [0.717, 1.165) is 5.56 Å². The summed E-state index contributed by atoms with van der Waals surface area (Å²) in [5.41, 5.74) is 2.55. The molecule has 182 valence electrons. The molecule has 0 bridgehead atoms. The summed E-state index contributed by atoms with van der Waals surface area (Å²) in [4.78, 5) is 41.3. The smallest absolute Gasteiger partial charge is 0.337 e. The summed E-state index contributed by atoms with van der Waals surface area (Å²) in [6.07, 6.45) is 1.77. The number of carbonyl (C=O) groups is 2. The lowest BCUT2D eigenvalue weighted by Crippen LogP contribution is -2.23. The molecular weight excluding hydrogens is 482 g/mol. The number of amidine groups is 1. The van der Waals surface area contributed by atoms with Gasteiger partial charge in [-0.15, -0.1) is 0 Å². The van der Waals surface area contributed by atoms with Crippen molar-refractivity contribution in [1.82, 2.24) is 4.90 Å². The number of nitro benzene ring substituents is 1. The maximum absolute atomic E-state index is 12.7. The second kappa shape index (κ2) is 10.9. The number of non-ortho nitro benzene ring substituents is 1. The molecule has 0 spiro atoms. The number of esters is 1. The predicted octanol–water partition coefficient (Wildman–Crippen LogP) is 5.19. The molecule has 0 atom stereocenters. The number of nitrogens with zero attached hydrogens (tertiary/aromatic N) is 3. The number of thioether (sulfide) groups is 1. The van der Waals surface area contributed by atoms with Gasteiger partial charge in [0.15, 0.2) is 5.17 Å². The van der Waals surface area contributed by atoms with Crippen LogP contribution in [-0.2, 0) is 16.1 Å². The Morgan fingerprint density at radius 3 is 2.50 bits per heavy atom. The van der Waals surface area contributed by atoms with Crippen LogP contribution in [0.4, 0.5) is 11.4 Å². The Kier molecular flexibility index (Phi) is 7.45. The van der Waals surface area contributed by atoms with Gasteiger partial charge < -0.3 is 9.47 Å². The second-order valence-electron chi connectivity index (χ2n) is 7.69. The van der Waals surface area contributed by atoms with E-state index in [4.69, 9.17) is 9.47 Å². The van der Waals surface area contributed by atoms with E-state index in [1.807, 2.05) is 12.1 Å². The molecule has 1 saturated heterocycles. The van der Waals surface area contributed by atoms with Gasteiger partial charge in [0.2, 0.25) is 0 Å². The van der Waals surface area contributed by atoms with Crippen molar-refractivity contribution in [2.24, 2.45) is 4.99 Å². The number of nitro groups is 1. The number of hydrogen-bond donors (Lipinski definition) is 0. The first-order valence-corrected chi connectivity index (χ1v) is 11.6. The molecule has 9 nitrogen and oxygen atoms in total. The molecule has 36 heavy (non-hydrogen) atoms. The zero-order chi connectivity index (χ0) is 25.7. The maximum Gasteiger partial charge on any atom is 0.337 e. The molecule has 10 heteroatoms. The molecule has 1 fully saturated rings. The molecule has 3 aromatic rings. The number of aliphatic imine (C=N–C) groups is 1. The third-order valence-corrected chi connectivity index (χ3v) is 6.28. The summed E-state index contributed by atoms with van der Waals surface area (Å²) in [7, 11) is 2.98. The van der Waals surface area contributed by atoms with Gasteiger partial charge in [-0.2, -0.15) is 0 Å². The fourth-order valence-corrected chi connectivity index (χ4v) is 4.28. The lowest BCUT2D eigenvalue weighted by molar-refractivity contribution is -0.384. The van der Waals surface area contributed by atoms with Crippen molar-refractivity contribution in [3.8, 4) is 5.75 Å². The molecule has 1 aliphatic rings. The molecule has 0 radical (unpaired) electrons. The van der Waals surface area contributed by atoms with Gasteiger partial charge in [-0.05, 0) is 65.4 Å². The van der Waals surface area contributed by atoms with Crippen LogP contribution in [0, 0.1) is 10.1 Å². The quantitative estimate of drug-likeness (QED) is 0.189. The van der Waals surface area contributed by atoms with Gasteiger partial charge in [0, 0.05) is 19.2 Å². The van der Waals surface area contributed by atoms with Gasteiger partial charge in [-0.1, -0.05) is 24.3 Å². The highest BCUT2D eigenvalue weighted by Crippen LogP contribution is 2.33. The molecule has 4 rings (SSSR count). The monoisotopic (exact) mass is 503 g/mol. The first-order valence-electron chi connectivity index (χ1n) is 10.7. The van der Waals surface area contributed by atoms with E-state index >= 15 is 0 Å². The Balaban J connectivity index is 1.42. The van der Waals surface area contributed by atoms with Crippen LogP contribution in [0.15, 0.2) is 82.7 Å². The van der Waals surface area contributed by atoms with E-state index in [1.165, 1.54) is 35.9 Å². The number of rotatable bonds is 7. The van der Waals surface area contributed by atoms with Crippen LogP contribution in [0.3, 0.4) is 0 Å². The van der Waals surface area contributed by atoms with Gasteiger partial charge in [0.1, 0.15) is 12.4 Å². The second-order valence-corrected chi connectivity index (χ2v) is 8.70. The minimum absolute atomic E-state index is 0.0166. The van der Waals surface area contributed by atoms with Crippen LogP contribution < -0.4 is 4.74 Å². The molecule has 1 amide bonds. The first-order chi connectivity index (χ1) is 17.3. The van der Waals surface area contributed by atoms with Crippen LogP contribution in [0.5, 0.6) is 5.75 Å². The molecule has 3 aromatic carbocycles. The summed E-state index contributed by atoms with van der Waals surface area (Å²) >= 11 is 1.26. The van der Waals surface area contributed by atoms with Crippen LogP contribution in [0.25, 0.3) is 6.08 Å². The Morgan fingerprint density at radius 1 is 1.11 bits per heavy atom. The van der Waals surface area contributed by atoms with Crippen molar-refractivity contribution in [3.63, 3.8) is 0 Å². The summed E-state index contributed by atoms with van der Waals surface area (Å²) in [6, 6.07) is 20.1. The fourth-order valence-electron chi connectivity index (χ4n) is 3.29. The van der Waals surface area contributed by atoms with Gasteiger partial charge in [0.25, 0.3) is 11.6 Å². The summed E-state index contributed by atoms with van der Waals surface area (Å²) in [5.74, 6) is 0.00202. The van der Waals surface area contributed by atoms with Crippen molar-refractivity contribution < 1.29 is 24.0 Å². The lowest BCUT2D eigenvalue weighted by Gasteiger charge is -2.07. The Morgan fingerprint density at radius 2 is 1.83 bits per heavy atom. The highest BCUT2D eigenvalue weighted by atomic mass is 32.2. The van der Waals surface area contributed by atoms with Crippen LogP contribution in [0.2, 0.25) is 0 Å². The zero-order valence-corrected chi connectivity index (χ0v) is 20.2. The van der Waals surface area contributed by atoms with Crippen molar-refractivity contribution in [2.45, 2.75) is 6.61 Å². The first kappa shape index (κ1) is 24.7. The normalized spacial score (nSPS) is 15.4. The lowest BCUT2D eigenvalue weighted by atomic mass is 10.2. The third kappa shape index (κ3) is 5.78.